The topological polar surface area (TPSA) is 115 Å². The summed E-state index contributed by atoms with van der Waals surface area (Å²) in [6.45, 7) is 3.57. The van der Waals surface area contributed by atoms with Crippen molar-refractivity contribution in [3.63, 3.8) is 0 Å². The van der Waals surface area contributed by atoms with Crippen LogP contribution < -0.4 is 25.0 Å². The number of esters is 1. The fraction of sp³-hybridized carbons (Fsp3) is 0.154. The van der Waals surface area contributed by atoms with Crippen LogP contribution in [0.4, 0.5) is 5.69 Å². The summed E-state index contributed by atoms with van der Waals surface area (Å²) in [6, 6.07) is 18.4. The highest BCUT2D eigenvalue weighted by Crippen LogP contribution is 2.29. The van der Waals surface area contributed by atoms with E-state index in [1.54, 1.807) is 61.5 Å². The van der Waals surface area contributed by atoms with Crippen molar-refractivity contribution in [2.75, 3.05) is 19.5 Å². The summed E-state index contributed by atoms with van der Waals surface area (Å²) in [5, 5.41) is 6.48. The zero-order valence-corrected chi connectivity index (χ0v) is 19.7. The number of hydrazone groups is 1. The van der Waals surface area contributed by atoms with Gasteiger partial charge in [0.1, 0.15) is 5.75 Å². The van der Waals surface area contributed by atoms with Crippen LogP contribution in [-0.2, 0) is 9.59 Å². The number of amides is 2. The molecule has 3 aromatic rings. The van der Waals surface area contributed by atoms with Gasteiger partial charge in [-0.3, -0.25) is 9.59 Å². The van der Waals surface area contributed by atoms with E-state index in [0.717, 1.165) is 5.56 Å². The summed E-state index contributed by atoms with van der Waals surface area (Å²) in [7, 11) is 2.95. The molecule has 0 aliphatic heterocycles. The Balaban J connectivity index is 1.66. The minimum absolute atomic E-state index is 0.207. The second-order valence-corrected chi connectivity index (χ2v) is 7.45. The highest BCUT2D eigenvalue weighted by Gasteiger charge is 2.16. The van der Waals surface area contributed by atoms with Gasteiger partial charge in [0.15, 0.2) is 11.5 Å². The van der Waals surface area contributed by atoms with Gasteiger partial charge in [-0.1, -0.05) is 23.8 Å². The van der Waals surface area contributed by atoms with Gasteiger partial charge in [0.05, 0.1) is 25.5 Å². The monoisotopic (exact) mass is 475 g/mol. The maximum absolute atomic E-state index is 12.5. The highest BCUT2D eigenvalue weighted by atomic mass is 16.6. The third-order valence-corrected chi connectivity index (χ3v) is 4.93. The molecule has 0 fully saturated rings. The molecule has 0 saturated heterocycles. The van der Waals surface area contributed by atoms with Crippen LogP contribution in [0.25, 0.3) is 0 Å². The Bertz CT molecular complexity index is 1270. The predicted octanol–water partition coefficient (Wildman–Crippen LogP) is 3.71. The minimum atomic E-state index is -0.916. The Hall–Kier alpha value is -4.66. The van der Waals surface area contributed by atoms with Crippen molar-refractivity contribution in [1.29, 1.82) is 0 Å². The first-order valence-electron chi connectivity index (χ1n) is 10.6. The van der Waals surface area contributed by atoms with Crippen LogP contribution >= 0.6 is 0 Å². The van der Waals surface area contributed by atoms with Crippen LogP contribution in [0.3, 0.4) is 0 Å². The Labute approximate surface area is 202 Å². The number of carbonyl (C=O) groups excluding carboxylic acids is 3. The van der Waals surface area contributed by atoms with Gasteiger partial charge < -0.3 is 19.5 Å². The highest BCUT2D eigenvalue weighted by molar-refractivity contribution is 6.39. The molecule has 0 aromatic heterocycles. The van der Waals surface area contributed by atoms with E-state index < -0.39 is 17.8 Å². The van der Waals surface area contributed by atoms with Crippen LogP contribution in [0.15, 0.2) is 71.8 Å². The fourth-order valence-corrected chi connectivity index (χ4v) is 2.96. The predicted molar refractivity (Wildman–Crippen MR) is 131 cm³/mol. The van der Waals surface area contributed by atoms with E-state index >= 15 is 0 Å². The second kappa shape index (κ2) is 11.5. The van der Waals surface area contributed by atoms with E-state index in [9.17, 15) is 14.4 Å². The number of aryl methyl sites for hydroxylation is 1. The third kappa shape index (κ3) is 6.67. The molecule has 0 aliphatic carbocycles. The standard InChI is InChI=1S/C26H25N3O6/c1-16-8-11-20(12-9-16)27-24(30)25(31)29-28-17(2)18-10-13-22(23(15-18)34-4)35-26(32)19-6-5-7-21(14-19)33-3/h5-15H,1-4H3,(H,27,30)(H,29,31)/b28-17+. The van der Waals surface area contributed by atoms with Crippen LogP contribution in [0, 0.1) is 6.92 Å². The lowest BCUT2D eigenvalue weighted by atomic mass is 10.1. The molecule has 2 N–H and O–H groups in total. The molecule has 0 spiro atoms. The lowest BCUT2D eigenvalue weighted by Crippen LogP contribution is -2.32. The zero-order valence-electron chi connectivity index (χ0n) is 19.7. The van der Waals surface area contributed by atoms with E-state index in [-0.39, 0.29) is 11.5 Å². The first-order chi connectivity index (χ1) is 16.8. The number of hydrogen-bond acceptors (Lipinski definition) is 7. The molecule has 0 radical (unpaired) electrons. The van der Waals surface area contributed by atoms with Crippen molar-refractivity contribution in [3.05, 3.63) is 83.4 Å². The van der Waals surface area contributed by atoms with Crippen molar-refractivity contribution >= 4 is 29.2 Å². The number of hydrogen-bond donors (Lipinski definition) is 2. The molecule has 9 nitrogen and oxygen atoms in total. The first kappa shape index (κ1) is 25.0. The largest absolute Gasteiger partial charge is 0.497 e. The summed E-state index contributed by atoms with van der Waals surface area (Å²) in [5.74, 6) is -1.31. The van der Waals surface area contributed by atoms with Crippen molar-refractivity contribution < 1.29 is 28.6 Å². The fourth-order valence-electron chi connectivity index (χ4n) is 2.96. The number of benzene rings is 3. The molecule has 2 amide bonds. The first-order valence-corrected chi connectivity index (χ1v) is 10.6. The minimum Gasteiger partial charge on any atom is -0.497 e. The number of carbonyl (C=O) groups is 3. The molecule has 3 aromatic carbocycles. The second-order valence-electron chi connectivity index (χ2n) is 7.45. The van der Waals surface area contributed by atoms with Crippen LogP contribution in [0.5, 0.6) is 17.2 Å². The van der Waals surface area contributed by atoms with Gasteiger partial charge >= 0.3 is 17.8 Å². The van der Waals surface area contributed by atoms with Crippen molar-refractivity contribution in [3.8, 4) is 17.2 Å². The summed E-state index contributed by atoms with van der Waals surface area (Å²) in [4.78, 5) is 36.7. The summed E-state index contributed by atoms with van der Waals surface area (Å²) < 4.78 is 15.9. The molecule has 0 unspecified atom stereocenters. The third-order valence-electron chi connectivity index (χ3n) is 4.93. The van der Waals surface area contributed by atoms with Crippen LogP contribution in [0.1, 0.15) is 28.4 Å². The molecule has 0 bridgehead atoms. The lowest BCUT2D eigenvalue weighted by Gasteiger charge is -2.11. The Morgan fingerprint density at radius 2 is 1.54 bits per heavy atom. The SMILES string of the molecule is COc1cccc(C(=O)Oc2ccc(/C(C)=N/NC(=O)C(=O)Nc3ccc(C)cc3)cc2OC)c1. The van der Waals surface area contributed by atoms with E-state index in [1.165, 1.54) is 14.2 Å². The average molecular weight is 476 g/mol. The summed E-state index contributed by atoms with van der Waals surface area (Å²) in [5.41, 5.74) is 5.07. The van der Waals surface area contributed by atoms with Crippen molar-refractivity contribution in [2.24, 2.45) is 5.10 Å². The summed E-state index contributed by atoms with van der Waals surface area (Å²) >= 11 is 0. The van der Waals surface area contributed by atoms with Crippen LogP contribution in [-0.4, -0.2) is 37.7 Å². The van der Waals surface area contributed by atoms with Crippen molar-refractivity contribution in [1.82, 2.24) is 5.43 Å². The number of nitrogens with zero attached hydrogens (tertiary/aromatic N) is 1. The quantitative estimate of drug-likeness (QED) is 0.177. The molecule has 3 rings (SSSR count). The molecule has 9 heteroatoms. The normalized spacial score (nSPS) is 10.8. The molecule has 0 saturated carbocycles. The summed E-state index contributed by atoms with van der Waals surface area (Å²) in [6.07, 6.45) is 0. The van der Waals surface area contributed by atoms with E-state index in [0.29, 0.717) is 28.3 Å². The molecule has 0 atom stereocenters. The van der Waals surface area contributed by atoms with E-state index in [2.05, 4.69) is 15.8 Å². The number of ether oxygens (including phenoxy) is 3. The lowest BCUT2D eigenvalue weighted by molar-refractivity contribution is -0.136. The Morgan fingerprint density at radius 3 is 2.23 bits per heavy atom. The average Bonchev–Trinajstić information content (AvgIpc) is 2.88. The number of anilines is 1. The van der Waals surface area contributed by atoms with Gasteiger partial charge in [-0.15, -0.1) is 0 Å². The number of rotatable bonds is 7. The van der Waals surface area contributed by atoms with Gasteiger partial charge in [0.2, 0.25) is 0 Å². The maximum Gasteiger partial charge on any atom is 0.343 e. The zero-order chi connectivity index (χ0) is 25.4. The number of methoxy groups -OCH3 is 2. The van der Waals surface area contributed by atoms with Crippen LogP contribution in [0.2, 0.25) is 0 Å². The van der Waals surface area contributed by atoms with Gasteiger partial charge in [0.25, 0.3) is 0 Å². The van der Waals surface area contributed by atoms with Crippen molar-refractivity contribution in [2.45, 2.75) is 13.8 Å². The molecular formula is C26H25N3O6. The van der Waals surface area contributed by atoms with Gasteiger partial charge in [-0.25, -0.2) is 10.2 Å². The smallest absolute Gasteiger partial charge is 0.343 e. The van der Waals surface area contributed by atoms with Gasteiger partial charge in [-0.2, -0.15) is 5.10 Å². The van der Waals surface area contributed by atoms with Gasteiger partial charge in [0, 0.05) is 11.3 Å². The Kier molecular flexibility index (Phi) is 8.18. The molecule has 35 heavy (non-hydrogen) atoms. The molecular weight excluding hydrogens is 450 g/mol. The van der Waals surface area contributed by atoms with E-state index in [4.69, 9.17) is 14.2 Å². The number of nitrogens with one attached hydrogen (secondary N) is 2. The molecule has 180 valence electrons. The molecule has 0 aliphatic rings. The molecule has 0 heterocycles. The van der Waals surface area contributed by atoms with Gasteiger partial charge in [-0.05, 0) is 62.4 Å². The van der Waals surface area contributed by atoms with E-state index in [1.807, 2.05) is 19.1 Å². The Morgan fingerprint density at radius 1 is 0.800 bits per heavy atom. The maximum atomic E-state index is 12.5.